The highest BCUT2D eigenvalue weighted by molar-refractivity contribution is 5.98. The van der Waals surface area contributed by atoms with Gasteiger partial charge in [0.25, 0.3) is 0 Å². The Bertz CT molecular complexity index is 616. The first-order valence-electron chi connectivity index (χ1n) is 6.91. The van der Waals surface area contributed by atoms with E-state index in [4.69, 9.17) is 9.47 Å². The van der Waals surface area contributed by atoms with Crippen LogP contribution in [0.1, 0.15) is 28.9 Å². The van der Waals surface area contributed by atoms with Crippen molar-refractivity contribution in [2.75, 3.05) is 19.7 Å². The summed E-state index contributed by atoms with van der Waals surface area (Å²) in [7, 11) is 0. The molecule has 0 amide bonds. The number of hydrogen-bond donors (Lipinski definition) is 2. The molecule has 1 aromatic rings. The van der Waals surface area contributed by atoms with Crippen LogP contribution in [0.2, 0.25) is 0 Å². The Balaban J connectivity index is 2.04. The average Bonchev–Trinajstić information content (AvgIpc) is 3.10. The molecule has 1 fully saturated rings. The highest BCUT2D eigenvalue weighted by Crippen LogP contribution is 2.37. The van der Waals surface area contributed by atoms with E-state index in [0.717, 1.165) is 0 Å². The lowest BCUT2D eigenvalue weighted by molar-refractivity contribution is -0.139. The number of nitrogens with one attached hydrogen (secondary N) is 2. The highest BCUT2D eigenvalue weighted by atomic mass is 16.6. The molecule has 0 saturated carbocycles. The van der Waals surface area contributed by atoms with Crippen LogP contribution in [0.5, 0.6) is 0 Å². The van der Waals surface area contributed by atoms with Gasteiger partial charge in [0.15, 0.2) is 6.10 Å². The van der Waals surface area contributed by atoms with Gasteiger partial charge in [0.2, 0.25) is 0 Å². The van der Waals surface area contributed by atoms with Crippen LogP contribution in [0, 0.1) is 0 Å². The van der Waals surface area contributed by atoms with E-state index in [1.807, 2.05) is 6.07 Å². The fraction of sp³-hybridized carbons (Fsp3) is 0.333. The van der Waals surface area contributed by atoms with E-state index in [9.17, 15) is 9.59 Å². The molecule has 2 aliphatic rings. The normalized spacial score (nSPS) is 19.4. The van der Waals surface area contributed by atoms with Crippen molar-refractivity contribution in [3.05, 3.63) is 46.8 Å². The molecule has 0 radical (unpaired) electrons. The summed E-state index contributed by atoms with van der Waals surface area (Å²) >= 11 is 0. The van der Waals surface area contributed by atoms with Crippen LogP contribution in [0.25, 0.3) is 0 Å². The topological polar surface area (TPSA) is 76.7 Å². The summed E-state index contributed by atoms with van der Waals surface area (Å²) in [5, 5.41) is 6.19. The van der Waals surface area contributed by atoms with Crippen molar-refractivity contribution in [2.45, 2.75) is 13.0 Å². The number of fused-ring (bicyclic) bond motifs is 1. The van der Waals surface area contributed by atoms with E-state index in [-0.39, 0.29) is 6.61 Å². The van der Waals surface area contributed by atoms with Gasteiger partial charge in [0.05, 0.1) is 12.2 Å². The maximum absolute atomic E-state index is 12.3. The van der Waals surface area contributed by atoms with Crippen molar-refractivity contribution in [2.24, 2.45) is 0 Å². The van der Waals surface area contributed by atoms with Gasteiger partial charge in [-0.05, 0) is 13.0 Å². The van der Waals surface area contributed by atoms with Gasteiger partial charge in [-0.25, -0.2) is 9.59 Å². The molecular formula is C15H16N2O4. The van der Waals surface area contributed by atoms with E-state index in [0.29, 0.717) is 35.6 Å². The fourth-order valence-electron chi connectivity index (χ4n) is 2.54. The quantitative estimate of drug-likeness (QED) is 0.635. The molecule has 0 aliphatic carbocycles. The van der Waals surface area contributed by atoms with Crippen molar-refractivity contribution in [3.8, 4) is 0 Å². The van der Waals surface area contributed by atoms with Crippen LogP contribution < -0.4 is 10.6 Å². The van der Waals surface area contributed by atoms with Crippen molar-refractivity contribution < 1.29 is 19.1 Å². The van der Waals surface area contributed by atoms with Gasteiger partial charge in [-0.1, -0.05) is 18.2 Å². The lowest BCUT2D eigenvalue weighted by Gasteiger charge is -2.17. The Labute approximate surface area is 122 Å². The predicted molar refractivity (Wildman–Crippen MR) is 74.3 cm³/mol. The summed E-state index contributed by atoms with van der Waals surface area (Å²) in [4.78, 5) is 24.2. The monoisotopic (exact) mass is 288 g/mol. The molecule has 2 N–H and O–H groups in total. The van der Waals surface area contributed by atoms with E-state index in [1.165, 1.54) is 0 Å². The summed E-state index contributed by atoms with van der Waals surface area (Å²) in [5.74, 6) is -0.331. The van der Waals surface area contributed by atoms with Crippen molar-refractivity contribution in [1.29, 1.82) is 0 Å². The number of carbonyl (C=O) groups excluding carboxylic acids is 2. The fourth-order valence-corrected chi connectivity index (χ4v) is 2.54. The van der Waals surface area contributed by atoms with Crippen molar-refractivity contribution in [1.82, 2.24) is 10.6 Å². The number of carbonyl (C=O) groups is 2. The zero-order chi connectivity index (χ0) is 14.8. The minimum absolute atomic E-state index is 0.262. The van der Waals surface area contributed by atoms with Gasteiger partial charge < -0.3 is 20.1 Å². The number of esters is 2. The van der Waals surface area contributed by atoms with Gasteiger partial charge in [-0.15, -0.1) is 0 Å². The molecule has 2 aliphatic heterocycles. The van der Waals surface area contributed by atoms with Crippen molar-refractivity contribution in [3.63, 3.8) is 0 Å². The zero-order valence-corrected chi connectivity index (χ0v) is 11.6. The van der Waals surface area contributed by atoms with Gasteiger partial charge >= 0.3 is 11.9 Å². The van der Waals surface area contributed by atoms with Crippen LogP contribution in [0.3, 0.4) is 0 Å². The largest absolute Gasteiger partial charge is 0.462 e. The summed E-state index contributed by atoms with van der Waals surface area (Å²) < 4.78 is 10.5. The molecule has 110 valence electrons. The average molecular weight is 288 g/mol. The molecule has 1 saturated heterocycles. The number of hydrogen-bond acceptors (Lipinski definition) is 6. The number of benzene rings is 1. The van der Waals surface area contributed by atoms with E-state index in [1.54, 1.807) is 25.1 Å². The summed E-state index contributed by atoms with van der Waals surface area (Å²) in [6, 6.07) is 7.07. The Hall–Kier alpha value is -2.50. The maximum atomic E-state index is 12.3. The van der Waals surface area contributed by atoms with Gasteiger partial charge in [-0.2, -0.15) is 0 Å². The molecule has 1 atom stereocenters. The first kappa shape index (κ1) is 13.5. The third-order valence-corrected chi connectivity index (χ3v) is 3.44. The SMILES string of the molecule is CCOC(=O)C(=C1NCCN1)C1OC(=O)c2ccccc21. The lowest BCUT2D eigenvalue weighted by Crippen LogP contribution is -2.24. The first-order chi connectivity index (χ1) is 10.2. The summed E-state index contributed by atoms with van der Waals surface area (Å²) in [6.07, 6.45) is -0.735. The van der Waals surface area contributed by atoms with Crippen LogP contribution >= 0.6 is 0 Å². The Morgan fingerprint density at radius 2 is 2.05 bits per heavy atom. The molecule has 0 bridgehead atoms. The van der Waals surface area contributed by atoms with Gasteiger partial charge in [-0.3, -0.25) is 0 Å². The van der Waals surface area contributed by atoms with Crippen LogP contribution in [-0.2, 0) is 14.3 Å². The molecule has 21 heavy (non-hydrogen) atoms. The molecule has 6 heteroatoms. The van der Waals surface area contributed by atoms with Crippen LogP contribution in [0.15, 0.2) is 35.7 Å². The Kier molecular flexibility index (Phi) is 3.51. The minimum Gasteiger partial charge on any atom is -0.462 e. The Morgan fingerprint density at radius 3 is 2.76 bits per heavy atom. The molecule has 3 rings (SSSR count). The predicted octanol–water partition coefficient (Wildman–Crippen LogP) is 0.866. The maximum Gasteiger partial charge on any atom is 0.341 e. The molecule has 0 aromatic heterocycles. The molecule has 2 heterocycles. The van der Waals surface area contributed by atoms with E-state index in [2.05, 4.69) is 10.6 Å². The third-order valence-electron chi connectivity index (χ3n) is 3.44. The second-order valence-electron chi connectivity index (χ2n) is 4.74. The zero-order valence-electron chi connectivity index (χ0n) is 11.6. The summed E-state index contributed by atoms with van der Waals surface area (Å²) in [5.41, 5.74) is 1.49. The Morgan fingerprint density at radius 1 is 1.33 bits per heavy atom. The molecule has 1 aromatic carbocycles. The molecule has 6 nitrogen and oxygen atoms in total. The number of ether oxygens (including phenoxy) is 2. The highest BCUT2D eigenvalue weighted by Gasteiger charge is 2.39. The van der Waals surface area contributed by atoms with Crippen LogP contribution in [-0.4, -0.2) is 31.6 Å². The summed E-state index contributed by atoms with van der Waals surface area (Å²) in [6.45, 7) is 3.42. The number of cyclic esters (lactones) is 1. The first-order valence-corrected chi connectivity index (χ1v) is 6.91. The second-order valence-corrected chi connectivity index (χ2v) is 4.74. The number of rotatable bonds is 3. The smallest absolute Gasteiger partial charge is 0.341 e. The molecule has 1 unspecified atom stereocenters. The lowest BCUT2D eigenvalue weighted by atomic mass is 9.99. The van der Waals surface area contributed by atoms with Crippen LogP contribution in [0.4, 0.5) is 0 Å². The molecule has 0 spiro atoms. The third kappa shape index (κ3) is 2.33. The minimum atomic E-state index is -0.735. The van der Waals surface area contributed by atoms with Gasteiger partial charge in [0, 0.05) is 18.7 Å². The molecular weight excluding hydrogens is 272 g/mol. The van der Waals surface area contributed by atoms with Crippen molar-refractivity contribution >= 4 is 11.9 Å². The van der Waals surface area contributed by atoms with E-state index < -0.39 is 18.0 Å². The standard InChI is InChI=1S/C15H16N2O4/c1-2-20-15(19)11(13-16-7-8-17-13)12-9-5-3-4-6-10(9)14(18)21-12/h3-6,12,16-17H,2,7-8H2,1H3. The van der Waals surface area contributed by atoms with Gasteiger partial charge in [0.1, 0.15) is 11.4 Å². The van der Waals surface area contributed by atoms with E-state index >= 15 is 0 Å². The second kappa shape index (κ2) is 5.47.